The van der Waals surface area contributed by atoms with Gasteiger partial charge in [0.05, 0.1) is 5.52 Å². The molecule has 0 aliphatic carbocycles. The third-order valence-corrected chi connectivity index (χ3v) is 2.23. The lowest BCUT2D eigenvalue weighted by Crippen LogP contribution is -1.92. The van der Waals surface area contributed by atoms with Crippen molar-refractivity contribution in [2.24, 2.45) is 0 Å². The molecule has 0 bridgehead atoms. The molecule has 0 aliphatic heterocycles. The number of nitrogens with zero attached hydrogens (tertiary/aromatic N) is 3. The van der Waals surface area contributed by atoms with Crippen LogP contribution in [0.1, 0.15) is 0 Å². The van der Waals surface area contributed by atoms with Crippen molar-refractivity contribution in [2.45, 2.75) is 0 Å². The summed E-state index contributed by atoms with van der Waals surface area (Å²) < 4.78 is 1.48. The summed E-state index contributed by atoms with van der Waals surface area (Å²) in [6.45, 7) is 0. The molecule has 0 aliphatic rings. The molecule has 0 spiro atoms. The van der Waals surface area contributed by atoms with Crippen molar-refractivity contribution >= 4 is 39.4 Å². The number of para-hydroxylation sites is 1. The van der Waals surface area contributed by atoms with E-state index in [2.05, 4.69) is 10.3 Å². The van der Waals surface area contributed by atoms with E-state index in [1.54, 1.807) is 0 Å². The van der Waals surface area contributed by atoms with Gasteiger partial charge in [0.2, 0.25) is 0 Å². The molecule has 1 aromatic carbocycles. The summed E-state index contributed by atoms with van der Waals surface area (Å²) in [5, 5.41) is 8.09. The molecular formula is C8H5Cl2N3. The largest absolute Gasteiger partial charge is 0.200 e. The second kappa shape index (κ2) is 3.36. The molecule has 0 radical (unpaired) electrons. The van der Waals surface area contributed by atoms with Gasteiger partial charge >= 0.3 is 0 Å². The molecule has 0 atom stereocenters. The Kier molecular flexibility index (Phi) is 2.20. The topological polar surface area (TPSA) is 30.7 Å². The monoisotopic (exact) mass is 213 g/mol. The minimum absolute atomic E-state index is 0.329. The van der Waals surface area contributed by atoms with Gasteiger partial charge in [-0.1, -0.05) is 40.5 Å². The quantitative estimate of drug-likeness (QED) is 0.730. The van der Waals surface area contributed by atoms with Crippen molar-refractivity contribution in [2.75, 3.05) is 0 Å². The van der Waals surface area contributed by atoms with Gasteiger partial charge in [-0.15, -0.1) is 5.10 Å². The SMILES string of the molecule is Cl/C=C(\Cl)n1nnc2ccccc21. The van der Waals surface area contributed by atoms with Gasteiger partial charge in [0.1, 0.15) is 10.7 Å². The lowest BCUT2D eigenvalue weighted by Gasteiger charge is -1.96. The lowest BCUT2D eigenvalue weighted by atomic mass is 10.3. The van der Waals surface area contributed by atoms with Crippen LogP contribution in [-0.4, -0.2) is 15.0 Å². The predicted molar refractivity (Wildman–Crippen MR) is 53.5 cm³/mol. The highest BCUT2D eigenvalue weighted by Crippen LogP contribution is 2.17. The summed E-state index contributed by atoms with van der Waals surface area (Å²) in [7, 11) is 0. The highest BCUT2D eigenvalue weighted by Gasteiger charge is 2.04. The predicted octanol–water partition coefficient (Wildman–Crippen LogP) is 2.66. The Morgan fingerprint density at radius 1 is 1.38 bits per heavy atom. The van der Waals surface area contributed by atoms with Gasteiger partial charge in [-0.05, 0) is 12.1 Å². The third kappa shape index (κ3) is 1.41. The Bertz CT molecular complexity index is 461. The maximum Gasteiger partial charge on any atom is 0.144 e. The first-order valence-electron chi connectivity index (χ1n) is 3.59. The molecule has 1 heterocycles. The lowest BCUT2D eigenvalue weighted by molar-refractivity contribution is 0.854. The Morgan fingerprint density at radius 3 is 2.92 bits per heavy atom. The minimum atomic E-state index is 0.329. The van der Waals surface area contributed by atoms with Crippen LogP contribution in [0.4, 0.5) is 0 Å². The average molecular weight is 214 g/mol. The van der Waals surface area contributed by atoms with Gasteiger partial charge in [0.25, 0.3) is 0 Å². The zero-order valence-electron chi connectivity index (χ0n) is 6.48. The molecule has 2 rings (SSSR count). The number of fused-ring (bicyclic) bond motifs is 1. The number of hydrogen-bond acceptors (Lipinski definition) is 2. The summed E-state index contributed by atoms with van der Waals surface area (Å²) in [6, 6.07) is 7.51. The van der Waals surface area contributed by atoms with Crippen LogP contribution in [0.15, 0.2) is 29.8 Å². The molecule has 66 valence electrons. The van der Waals surface area contributed by atoms with E-state index in [4.69, 9.17) is 23.2 Å². The summed E-state index contributed by atoms with van der Waals surface area (Å²) >= 11 is 11.3. The van der Waals surface area contributed by atoms with Crippen molar-refractivity contribution in [1.29, 1.82) is 0 Å². The summed E-state index contributed by atoms with van der Waals surface area (Å²) in [6.07, 6.45) is 0. The molecule has 0 saturated carbocycles. The van der Waals surface area contributed by atoms with E-state index >= 15 is 0 Å². The van der Waals surface area contributed by atoms with Crippen LogP contribution in [0, 0.1) is 0 Å². The van der Waals surface area contributed by atoms with Crippen molar-refractivity contribution in [3.8, 4) is 0 Å². The zero-order chi connectivity index (χ0) is 9.26. The fraction of sp³-hybridized carbons (Fsp3) is 0. The van der Waals surface area contributed by atoms with Gasteiger partial charge in [-0.2, -0.15) is 0 Å². The van der Waals surface area contributed by atoms with Crippen molar-refractivity contribution < 1.29 is 0 Å². The number of rotatable bonds is 1. The summed E-state index contributed by atoms with van der Waals surface area (Å²) in [5.74, 6) is 0. The molecule has 0 saturated heterocycles. The van der Waals surface area contributed by atoms with Crippen LogP contribution < -0.4 is 0 Å². The van der Waals surface area contributed by atoms with Crippen LogP contribution in [-0.2, 0) is 0 Å². The van der Waals surface area contributed by atoms with Gasteiger partial charge < -0.3 is 0 Å². The van der Waals surface area contributed by atoms with Crippen LogP contribution in [0.2, 0.25) is 0 Å². The number of hydrogen-bond donors (Lipinski definition) is 0. The van der Waals surface area contributed by atoms with Crippen molar-refractivity contribution in [3.63, 3.8) is 0 Å². The van der Waals surface area contributed by atoms with Crippen molar-refractivity contribution in [1.82, 2.24) is 15.0 Å². The summed E-state index contributed by atoms with van der Waals surface area (Å²) in [4.78, 5) is 0. The molecule has 5 heteroatoms. The Labute approximate surface area is 84.6 Å². The normalized spacial score (nSPS) is 12.3. The molecule has 0 amide bonds. The second-order valence-corrected chi connectivity index (χ2v) is 3.03. The number of aromatic nitrogens is 3. The zero-order valence-corrected chi connectivity index (χ0v) is 8.00. The fourth-order valence-electron chi connectivity index (χ4n) is 1.07. The summed E-state index contributed by atoms with van der Waals surface area (Å²) in [5.41, 5.74) is 2.88. The molecule has 3 nitrogen and oxygen atoms in total. The van der Waals surface area contributed by atoms with Crippen LogP contribution in [0.25, 0.3) is 16.2 Å². The number of benzene rings is 1. The Morgan fingerprint density at radius 2 is 2.15 bits per heavy atom. The molecule has 1 aromatic heterocycles. The first-order valence-corrected chi connectivity index (χ1v) is 4.41. The van der Waals surface area contributed by atoms with E-state index in [0.717, 1.165) is 11.0 Å². The average Bonchev–Trinajstić information content (AvgIpc) is 2.60. The van der Waals surface area contributed by atoms with Gasteiger partial charge in [-0.3, -0.25) is 0 Å². The van der Waals surface area contributed by atoms with Gasteiger partial charge in [0, 0.05) is 5.54 Å². The maximum absolute atomic E-state index is 5.80. The fourth-order valence-corrected chi connectivity index (χ4v) is 1.29. The van der Waals surface area contributed by atoms with E-state index < -0.39 is 0 Å². The van der Waals surface area contributed by atoms with Crippen molar-refractivity contribution in [3.05, 3.63) is 29.8 Å². The Balaban J connectivity index is 2.71. The Hall–Kier alpha value is -1.06. The van der Waals surface area contributed by atoms with E-state index in [1.165, 1.54) is 10.2 Å². The first kappa shape index (κ1) is 8.53. The highest BCUT2D eigenvalue weighted by atomic mass is 35.5. The third-order valence-electron chi connectivity index (χ3n) is 1.64. The highest BCUT2D eigenvalue weighted by molar-refractivity contribution is 6.50. The van der Waals surface area contributed by atoms with Crippen LogP contribution >= 0.6 is 23.2 Å². The van der Waals surface area contributed by atoms with Gasteiger partial charge in [-0.25, -0.2) is 4.68 Å². The molecule has 0 N–H and O–H groups in total. The smallest absolute Gasteiger partial charge is 0.144 e. The van der Waals surface area contributed by atoms with E-state index in [9.17, 15) is 0 Å². The molecular weight excluding hydrogens is 209 g/mol. The maximum atomic E-state index is 5.80. The van der Waals surface area contributed by atoms with Crippen LogP contribution in [0.3, 0.4) is 0 Å². The molecule has 2 aromatic rings. The van der Waals surface area contributed by atoms with E-state index in [-0.39, 0.29) is 0 Å². The number of halogens is 2. The van der Waals surface area contributed by atoms with E-state index in [0.29, 0.717) is 5.16 Å². The molecule has 0 fully saturated rings. The molecule has 13 heavy (non-hydrogen) atoms. The van der Waals surface area contributed by atoms with Crippen LogP contribution in [0.5, 0.6) is 0 Å². The second-order valence-electron chi connectivity index (χ2n) is 2.42. The first-order chi connectivity index (χ1) is 6.33. The van der Waals surface area contributed by atoms with Gasteiger partial charge in [0.15, 0.2) is 0 Å². The standard InChI is InChI=1S/C8H5Cl2N3/c9-5-8(10)13-7-4-2-1-3-6(7)11-12-13/h1-5H/b8-5+. The molecule has 0 unspecified atom stereocenters. The van der Waals surface area contributed by atoms with E-state index in [1.807, 2.05) is 24.3 Å². The minimum Gasteiger partial charge on any atom is -0.200 e.